The van der Waals surface area contributed by atoms with E-state index in [2.05, 4.69) is 20.9 Å². The van der Waals surface area contributed by atoms with Crippen LogP contribution in [-0.4, -0.2) is 23.9 Å². The molecule has 122 valence electrons. The molecule has 0 aliphatic carbocycles. The number of hydrogen-bond donors (Lipinski definition) is 1. The van der Waals surface area contributed by atoms with Gasteiger partial charge in [0, 0.05) is 16.9 Å². The molecule has 0 aliphatic rings. The number of aryl methyl sites for hydroxylation is 1. The second-order valence-electron chi connectivity index (χ2n) is 4.76. The summed E-state index contributed by atoms with van der Waals surface area (Å²) >= 11 is 3.39. The Kier molecular flexibility index (Phi) is 5.38. The lowest BCUT2D eigenvalue weighted by molar-refractivity contribution is 0.0977. The maximum absolute atomic E-state index is 12.2. The summed E-state index contributed by atoms with van der Waals surface area (Å²) in [4.78, 5) is 16.3. The first-order valence-corrected chi connectivity index (χ1v) is 9.15. The van der Waals surface area contributed by atoms with E-state index in [-0.39, 0.29) is 10.6 Å². The number of hydrogen-bond acceptors (Lipinski definition) is 4. The Balaban J connectivity index is 2.24. The molecule has 2 rings (SSSR count). The zero-order chi connectivity index (χ0) is 17.0. The first kappa shape index (κ1) is 17.4. The van der Waals surface area contributed by atoms with Crippen LogP contribution in [0.5, 0.6) is 0 Å². The molecule has 0 unspecified atom stereocenters. The van der Waals surface area contributed by atoms with Gasteiger partial charge in [-0.2, -0.15) is 0 Å². The SMILES string of the molecule is CC/C(Br)=C\n1cc(C(=O)NS(=O)(=O)c2ccccc2)nc1C. The third-order valence-corrected chi connectivity index (χ3v) is 5.16. The third kappa shape index (κ3) is 4.29. The average molecular weight is 398 g/mol. The van der Waals surface area contributed by atoms with Crippen LogP contribution in [0.1, 0.15) is 29.7 Å². The van der Waals surface area contributed by atoms with Gasteiger partial charge in [0.1, 0.15) is 11.5 Å². The Labute approximate surface area is 143 Å². The summed E-state index contributed by atoms with van der Waals surface area (Å²) in [5.74, 6) is -0.186. The van der Waals surface area contributed by atoms with Crippen LogP contribution in [0.3, 0.4) is 0 Å². The lowest BCUT2D eigenvalue weighted by atomic mass is 10.4. The molecular formula is C15H16BrN3O3S. The molecule has 1 amide bonds. The fourth-order valence-electron chi connectivity index (χ4n) is 1.80. The minimum Gasteiger partial charge on any atom is -0.309 e. The number of nitrogens with one attached hydrogen (secondary N) is 1. The van der Waals surface area contributed by atoms with Gasteiger partial charge in [-0.25, -0.2) is 18.1 Å². The molecule has 1 heterocycles. The maximum atomic E-state index is 12.2. The van der Waals surface area contributed by atoms with Crippen LogP contribution in [0.25, 0.3) is 6.20 Å². The summed E-state index contributed by atoms with van der Waals surface area (Å²) in [7, 11) is -3.91. The Morgan fingerprint density at radius 1 is 1.35 bits per heavy atom. The van der Waals surface area contributed by atoms with E-state index < -0.39 is 15.9 Å². The number of imidazole rings is 1. The normalized spacial score (nSPS) is 12.2. The van der Waals surface area contributed by atoms with Crippen molar-refractivity contribution in [3.8, 4) is 0 Å². The lowest BCUT2D eigenvalue weighted by Gasteiger charge is -2.04. The van der Waals surface area contributed by atoms with Gasteiger partial charge in [-0.1, -0.05) is 41.1 Å². The molecule has 1 aromatic heterocycles. The standard InChI is InChI=1S/C15H16BrN3O3S/c1-3-12(16)9-19-10-14(17-11(19)2)15(20)18-23(21,22)13-7-5-4-6-8-13/h4-10H,3H2,1-2H3,(H,18,20)/b12-9+. The first-order chi connectivity index (χ1) is 10.8. The lowest BCUT2D eigenvalue weighted by Crippen LogP contribution is -2.30. The minimum absolute atomic E-state index is 0.0260. The van der Waals surface area contributed by atoms with Gasteiger partial charge in [0.25, 0.3) is 15.9 Å². The van der Waals surface area contributed by atoms with E-state index in [0.29, 0.717) is 5.82 Å². The number of amides is 1. The highest BCUT2D eigenvalue weighted by Gasteiger charge is 2.20. The summed E-state index contributed by atoms with van der Waals surface area (Å²) in [6.45, 7) is 3.71. The topological polar surface area (TPSA) is 81.1 Å². The molecule has 0 radical (unpaired) electrons. The molecule has 0 spiro atoms. The predicted molar refractivity (Wildman–Crippen MR) is 91.5 cm³/mol. The summed E-state index contributed by atoms with van der Waals surface area (Å²) in [5, 5.41) is 0. The van der Waals surface area contributed by atoms with E-state index in [0.717, 1.165) is 10.9 Å². The Morgan fingerprint density at radius 2 is 2.00 bits per heavy atom. The van der Waals surface area contributed by atoms with Crippen LogP contribution in [0.2, 0.25) is 0 Å². The second-order valence-corrected chi connectivity index (χ2v) is 7.46. The van der Waals surface area contributed by atoms with E-state index in [1.165, 1.54) is 18.3 Å². The van der Waals surface area contributed by atoms with Crippen molar-refractivity contribution in [2.45, 2.75) is 25.2 Å². The third-order valence-electron chi connectivity index (χ3n) is 3.05. The number of carbonyl (C=O) groups excluding carboxylic acids is 1. The zero-order valence-electron chi connectivity index (χ0n) is 12.7. The van der Waals surface area contributed by atoms with Crippen molar-refractivity contribution in [2.75, 3.05) is 0 Å². The number of halogens is 1. The summed E-state index contributed by atoms with van der Waals surface area (Å²) in [6, 6.07) is 7.71. The molecular weight excluding hydrogens is 382 g/mol. The van der Waals surface area contributed by atoms with Gasteiger partial charge in [0.15, 0.2) is 0 Å². The van der Waals surface area contributed by atoms with Gasteiger partial charge < -0.3 is 4.57 Å². The van der Waals surface area contributed by atoms with E-state index >= 15 is 0 Å². The van der Waals surface area contributed by atoms with Crippen LogP contribution in [-0.2, 0) is 10.0 Å². The van der Waals surface area contributed by atoms with Crippen LogP contribution >= 0.6 is 15.9 Å². The van der Waals surface area contributed by atoms with Gasteiger partial charge >= 0.3 is 0 Å². The Bertz CT molecular complexity index is 842. The van der Waals surface area contributed by atoms with Crippen LogP contribution in [0, 0.1) is 6.92 Å². The highest BCUT2D eigenvalue weighted by molar-refractivity contribution is 9.11. The van der Waals surface area contributed by atoms with Crippen LogP contribution < -0.4 is 4.72 Å². The average Bonchev–Trinajstić information content (AvgIpc) is 2.89. The number of nitrogens with zero attached hydrogens (tertiary/aromatic N) is 2. The Hall–Kier alpha value is -1.93. The summed E-state index contributed by atoms with van der Waals surface area (Å²) in [6.07, 6.45) is 4.06. The molecule has 0 atom stereocenters. The number of allylic oxidation sites excluding steroid dienone is 1. The number of carbonyl (C=O) groups is 1. The number of sulfonamides is 1. The van der Waals surface area contributed by atoms with Crippen molar-refractivity contribution >= 4 is 38.1 Å². The molecule has 8 heteroatoms. The minimum atomic E-state index is -3.91. The van der Waals surface area contributed by atoms with Gasteiger partial charge in [-0.15, -0.1) is 0 Å². The van der Waals surface area contributed by atoms with E-state index in [9.17, 15) is 13.2 Å². The van der Waals surface area contributed by atoms with E-state index in [4.69, 9.17) is 0 Å². The highest BCUT2D eigenvalue weighted by Crippen LogP contribution is 2.14. The molecule has 1 N–H and O–H groups in total. The number of aromatic nitrogens is 2. The zero-order valence-corrected chi connectivity index (χ0v) is 15.1. The fourth-order valence-corrected chi connectivity index (χ4v) is 3.00. The van der Waals surface area contributed by atoms with Crippen molar-refractivity contribution in [3.05, 3.63) is 52.5 Å². The molecule has 0 aliphatic heterocycles. The molecule has 1 aromatic carbocycles. The van der Waals surface area contributed by atoms with Crippen molar-refractivity contribution in [2.24, 2.45) is 0 Å². The smallest absolute Gasteiger partial charge is 0.285 e. The van der Waals surface area contributed by atoms with Crippen molar-refractivity contribution in [3.63, 3.8) is 0 Å². The van der Waals surface area contributed by atoms with Gasteiger partial charge in [0.2, 0.25) is 0 Å². The highest BCUT2D eigenvalue weighted by atomic mass is 79.9. The van der Waals surface area contributed by atoms with Gasteiger partial charge in [0.05, 0.1) is 4.90 Å². The second kappa shape index (κ2) is 7.10. The molecule has 0 saturated carbocycles. The largest absolute Gasteiger partial charge is 0.309 e. The van der Waals surface area contributed by atoms with Crippen molar-refractivity contribution in [1.29, 1.82) is 0 Å². The van der Waals surface area contributed by atoms with Crippen LogP contribution in [0.15, 0.2) is 45.9 Å². The summed E-state index contributed by atoms with van der Waals surface area (Å²) in [5.41, 5.74) is 0.0367. The van der Waals surface area contributed by atoms with Crippen LogP contribution in [0.4, 0.5) is 0 Å². The quantitative estimate of drug-likeness (QED) is 0.840. The monoisotopic (exact) mass is 397 g/mol. The fraction of sp³-hybridized carbons (Fsp3) is 0.200. The maximum Gasteiger partial charge on any atom is 0.285 e. The van der Waals surface area contributed by atoms with E-state index in [1.807, 2.05) is 11.6 Å². The van der Waals surface area contributed by atoms with Gasteiger partial charge in [-0.3, -0.25) is 4.79 Å². The molecule has 0 saturated heterocycles. The molecule has 2 aromatic rings. The predicted octanol–water partition coefficient (Wildman–Crippen LogP) is 2.91. The van der Waals surface area contributed by atoms with Crippen molar-refractivity contribution in [1.82, 2.24) is 14.3 Å². The van der Waals surface area contributed by atoms with E-state index in [1.54, 1.807) is 35.9 Å². The summed E-state index contributed by atoms with van der Waals surface area (Å²) < 4.78 is 28.9. The number of rotatable bonds is 5. The molecule has 0 fully saturated rings. The Morgan fingerprint density at radius 3 is 2.61 bits per heavy atom. The molecule has 6 nitrogen and oxygen atoms in total. The molecule has 23 heavy (non-hydrogen) atoms. The first-order valence-electron chi connectivity index (χ1n) is 6.87. The number of benzene rings is 1. The van der Waals surface area contributed by atoms with Gasteiger partial charge in [-0.05, 0) is 25.5 Å². The van der Waals surface area contributed by atoms with Crippen molar-refractivity contribution < 1.29 is 13.2 Å². The molecule has 0 bridgehead atoms.